The lowest BCUT2D eigenvalue weighted by Gasteiger charge is -2.15. The van der Waals surface area contributed by atoms with E-state index < -0.39 is 11.6 Å². The molecule has 2 N–H and O–H groups in total. The second-order valence-electron chi connectivity index (χ2n) is 6.15. The van der Waals surface area contributed by atoms with Gasteiger partial charge in [-0.3, -0.25) is 0 Å². The van der Waals surface area contributed by atoms with Crippen LogP contribution in [0.15, 0.2) is 12.1 Å². The lowest BCUT2D eigenvalue weighted by molar-refractivity contribution is 0.348. The summed E-state index contributed by atoms with van der Waals surface area (Å²) in [4.78, 5) is 0. The van der Waals surface area contributed by atoms with E-state index in [4.69, 9.17) is 5.73 Å². The molecule has 2 saturated carbocycles. The summed E-state index contributed by atoms with van der Waals surface area (Å²) < 4.78 is 28.3. The molecule has 2 aliphatic carbocycles. The first-order chi connectivity index (χ1) is 10.1. The van der Waals surface area contributed by atoms with E-state index in [-0.39, 0.29) is 5.69 Å². The Kier molecular flexibility index (Phi) is 2.55. The molecule has 110 valence electrons. The molecule has 2 aromatic rings. The Morgan fingerprint density at radius 2 is 1.95 bits per heavy atom. The number of hydrogen-bond acceptors (Lipinski definition) is 4. The van der Waals surface area contributed by atoms with Crippen LogP contribution in [0.25, 0.3) is 11.4 Å². The maximum Gasteiger partial charge on any atom is 0.184 e. The standard InChI is InChI=1S/C14H15F2N5/c15-10-5-9(12(17)6-11(10)16)13-18-19-20-21(13)7-14(3-4-14)8-1-2-8/h5-6,8H,1-4,7,17H2. The highest BCUT2D eigenvalue weighted by Crippen LogP contribution is 2.62. The predicted molar refractivity (Wildman–Crippen MR) is 72.0 cm³/mol. The first-order valence-corrected chi connectivity index (χ1v) is 7.10. The third-order valence-corrected chi connectivity index (χ3v) is 4.67. The summed E-state index contributed by atoms with van der Waals surface area (Å²) in [6, 6.07) is 2.03. The second-order valence-corrected chi connectivity index (χ2v) is 6.15. The summed E-state index contributed by atoms with van der Waals surface area (Å²) in [6.45, 7) is 0.721. The van der Waals surface area contributed by atoms with Crippen molar-refractivity contribution in [2.75, 3.05) is 5.73 Å². The number of anilines is 1. The van der Waals surface area contributed by atoms with Crippen molar-refractivity contribution in [2.24, 2.45) is 11.3 Å². The van der Waals surface area contributed by atoms with Crippen LogP contribution in [0.4, 0.5) is 14.5 Å². The van der Waals surface area contributed by atoms with Gasteiger partial charge in [-0.2, -0.15) is 0 Å². The van der Waals surface area contributed by atoms with Gasteiger partial charge in [0.1, 0.15) is 0 Å². The van der Waals surface area contributed by atoms with E-state index in [1.807, 2.05) is 0 Å². The van der Waals surface area contributed by atoms with Crippen molar-refractivity contribution in [2.45, 2.75) is 32.2 Å². The molecule has 2 fully saturated rings. The molecule has 0 radical (unpaired) electrons. The van der Waals surface area contributed by atoms with E-state index in [1.54, 1.807) is 4.68 Å². The lowest BCUT2D eigenvalue weighted by atomic mass is 10.0. The maximum atomic E-state index is 13.5. The van der Waals surface area contributed by atoms with E-state index in [0.717, 1.165) is 24.6 Å². The Morgan fingerprint density at radius 3 is 2.62 bits per heavy atom. The molecule has 0 atom stereocenters. The molecule has 1 aromatic heterocycles. The number of nitrogens with zero attached hydrogens (tertiary/aromatic N) is 4. The van der Waals surface area contributed by atoms with Crippen molar-refractivity contribution in [1.29, 1.82) is 0 Å². The molecule has 0 aliphatic heterocycles. The monoisotopic (exact) mass is 291 g/mol. The van der Waals surface area contributed by atoms with Gasteiger partial charge in [-0.15, -0.1) is 5.10 Å². The van der Waals surface area contributed by atoms with E-state index in [1.165, 1.54) is 25.7 Å². The average Bonchev–Trinajstić information content (AvgIpc) is 3.33. The summed E-state index contributed by atoms with van der Waals surface area (Å²) >= 11 is 0. The van der Waals surface area contributed by atoms with Crippen LogP contribution < -0.4 is 5.73 Å². The van der Waals surface area contributed by atoms with Crippen LogP contribution in [0.1, 0.15) is 25.7 Å². The quantitative estimate of drug-likeness (QED) is 0.878. The van der Waals surface area contributed by atoms with Gasteiger partial charge in [0.2, 0.25) is 0 Å². The molecule has 5 nitrogen and oxygen atoms in total. The minimum absolute atomic E-state index is 0.140. The van der Waals surface area contributed by atoms with Crippen LogP contribution in [0.3, 0.4) is 0 Å². The number of halogens is 2. The second kappa shape index (κ2) is 4.22. The van der Waals surface area contributed by atoms with Crippen molar-refractivity contribution < 1.29 is 8.78 Å². The SMILES string of the molecule is Nc1cc(F)c(F)cc1-c1nnnn1CC1(C2CC2)CC1. The van der Waals surface area contributed by atoms with Gasteiger partial charge >= 0.3 is 0 Å². The van der Waals surface area contributed by atoms with Crippen LogP contribution in [0.5, 0.6) is 0 Å². The smallest absolute Gasteiger partial charge is 0.184 e. The van der Waals surface area contributed by atoms with E-state index in [2.05, 4.69) is 15.5 Å². The third kappa shape index (κ3) is 2.07. The number of rotatable bonds is 4. The number of hydrogen-bond donors (Lipinski definition) is 1. The molecule has 0 unspecified atom stereocenters. The Morgan fingerprint density at radius 1 is 1.24 bits per heavy atom. The minimum Gasteiger partial charge on any atom is -0.398 e. The van der Waals surface area contributed by atoms with Crippen molar-refractivity contribution in [3.63, 3.8) is 0 Å². The zero-order valence-corrected chi connectivity index (χ0v) is 11.4. The molecular formula is C14H15F2N5. The first-order valence-electron chi connectivity index (χ1n) is 7.10. The fourth-order valence-corrected chi connectivity index (χ4v) is 3.11. The number of nitrogens with two attached hydrogens (primary N) is 1. The highest BCUT2D eigenvalue weighted by Gasteiger charge is 2.54. The minimum atomic E-state index is -0.966. The largest absolute Gasteiger partial charge is 0.398 e. The zero-order valence-electron chi connectivity index (χ0n) is 11.4. The molecule has 0 saturated heterocycles. The first kappa shape index (κ1) is 12.7. The lowest BCUT2D eigenvalue weighted by Crippen LogP contribution is -2.16. The number of aromatic nitrogens is 4. The van der Waals surface area contributed by atoms with Gasteiger partial charge in [0.25, 0.3) is 0 Å². The Hall–Kier alpha value is -2.05. The summed E-state index contributed by atoms with van der Waals surface area (Å²) in [5, 5.41) is 11.6. The number of tetrazole rings is 1. The Labute approximate surface area is 120 Å². The van der Waals surface area contributed by atoms with Crippen molar-refractivity contribution in [1.82, 2.24) is 20.2 Å². The topological polar surface area (TPSA) is 69.6 Å². The summed E-state index contributed by atoms with van der Waals surface area (Å²) in [6.07, 6.45) is 4.91. The molecule has 1 aromatic carbocycles. The molecule has 0 spiro atoms. The normalized spacial score (nSPS) is 19.7. The number of nitrogen functional groups attached to an aromatic ring is 1. The van der Waals surface area contributed by atoms with E-state index in [0.29, 0.717) is 16.8 Å². The fourth-order valence-electron chi connectivity index (χ4n) is 3.11. The average molecular weight is 291 g/mol. The third-order valence-electron chi connectivity index (χ3n) is 4.67. The van der Waals surface area contributed by atoms with E-state index in [9.17, 15) is 8.78 Å². The van der Waals surface area contributed by atoms with Gasteiger partial charge in [-0.1, -0.05) is 0 Å². The Bertz CT molecular complexity index is 703. The molecule has 4 rings (SSSR count). The predicted octanol–water partition coefficient (Wildman–Crippen LogP) is 2.39. The van der Waals surface area contributed by atoms with Crippen molar-refractivity contribution in [3.05, 3.63) is 23.8 Å². The van der Waals surface area contributed by atoms with Crippen LogP contribution >= 0.6 is 0 Å². The molecule has 7 heteroatoms. The molecule has 2 aliphatic rings. The van der Waals surface area contributed by atoms with Gasteiger partial charge in [0, 0.05) is 17.3 Å². The van der Waals surface area contributed by atoms with Gasteiger partial charge in [0.15, 0.2) is 17.5 Å². The summed E-state index contributed by atoms with van der Waals surface area (Å²) in [5.74, 6) is -0.751. The van der Waals surface area contributed by atoms with Crippen LogP contribution in [-0.2, 0) is 6.54 Å². The van der Waals surface area contributed by atoms with Gasteiger partial charge < -0.3 is 5.73 Å². The molecule has 0 amide bonds. The van der Waals surface area contributed by atoms with Gasteiger partial charge in [0.05, 0.1) is 6.54 Å². The van der Waals surface area contributed by atoms with E-state index >= 15 is 0 Å². The maximum absolute atomic E-state index is 13.5. The fraction of sp³-hybridized carbons (Fsp3) is 0.500. The van der Waals surface area contributed by atoms with Crippen LogP contribution in [0.2, 0.25) is 0 Å². The van der Waals surface area contributed by atoms with Crippen molar-refractivity contribution in [3.8, 4) is 11.4 Å². The molecule has 1 heterocycles. The van der Waals surface area contributed by atoms with Gasteiger partial charge in [-0.25, -0.2) is 13.5 Å². The van der Waals surface area contributed by atoms with Gasteiger partial charge in [-0.05, 0) is 53.5 Å². The van der Waals surface area contributed by atoms with Crippen LogP contribution in [-0.4, -0.2) is 20.2 Å². The van der Waals surface area contributed by atoms with Crippen LogP contribution in [0, 0.1) is 23.0 Å². The molecule has 0 bridgehead atoms. The zero-order chi connectivity index (χ0) is 14.6. The number of benzene rings is 1. The van der Waals surface area contributed by atoms with Crippen molar-refractivity contribution >= 4 is 5.69 Å². The molecular weight excluding hydrogens is 276 g/mol. The summed E-state index contributed by atoms with van der Waals surface area (Å²) in [5.41, 5.74) is 6.57. The highest BCUT2D eigenvalue weighted by atomic mass is 19.2. The molecule has 21 heavy (non-hydrogen) atoms. The summed E-state index contributed by atoms with van der Waals surface area (Å²) in [7, 11) is 0. The Balaban J connectivity index is 1.70. The highest BCUT2D eigenvalue weighted by molar-refractivity contribution is 5.71.